The Labute approximate surface area is 111 Å². The maximum atomic E-state index is 6.40. The quantitative estimate of drug-likeness (QED) is 0.887. The third kappa shape index (κ3) is 2.89. The monoisotopic (exact) mass is 265 g/mol. The van der Waals surface area contributed by atoms with Crippen LogP contribution in [0.15, 0.2) is 35.7 Å². The molecule has 0 aliphatic carbocycles. The molecule has 0 saturated carbocycles. The van der Waals surface area contributed by atoms with Crippen LogP contribution in [0.25, 0.3) is 0 Å². The van der Waals surface area contributed by atoms with Gasteiger partial charge < -0.3 is 5.73 Å². The van der Waals surface area contributed by atoms with Gasteiger partial charge in [0.2, 0.25) is 0 Å². The number of aryl methyl sites for hydroxylation is 1. The fraction of sp³-hybridized carbons (Fsp3) is 0.286. The molecule has 0 spiro atoms. The first-order valence-corrected chi connectivity index (χ1v) is 6.83. The first kappa shape index (κ1) is 12.6. The van der Waals surface area contributed by atoms with Crippen LogP contribution in [-0.2, 0) is 12.0 Å². The summed E-state index contributed by atoms with van der Waals surface area (Å²) >= 11 is 7.78. The second-order valence-electron chi connectivity index (χ2n) is 4.65. The Bertz CT molecular complexity index is 499. The maximum Gasteiger partial charge on any atom is 0.0545 e. The molecule has 1 unspecified atom stereocenters. The van der Waals surface area contributed by atoms with E-state index < -0.39 is 0 Å². The molecule has 1 aromatic heterocycles. The second kappa shape index (κ2) is 4.81. The van der Waals surface area contributed by atoms with Crippen LogP contribution in [0.3, 0.4) is 0 Å². The van der Waals surface area contributed by atoms with Crippen molar-refractivity contribution < 1.29 is 0 Å². The Balaban J connectivity index is 2.24. The molecule has 2 rings (SSSR count). The lowest BCUT2D eigenvalue weighted by atomic mass is 9.89. The number of halogens is 1. The number of nitrogens with two attached hydrogens (primary N) is 1. The van der Waals surface area contributed by atoms with E-state index in [1.807, 2.05) is 18.4 Å². The second-order valence-corrected chi connectivity index (χ2v) is 6.06. The van der Waals surface area contributed by atoms with Gasteiger partial charge in [-0.3, -0.25) is 0 Å². The van der Waals surface area contributed by atoms with Crippen molar-refractivity contribution in [2.45, 2.75) is 25.8 Å². The first-order chi connectivity index (χ1) is 7.99. The summed E-state index contributed by atoms with van der Waals surface area (Å²) in [5, 5.41) is 2.82. The van der Waals surface area contributed by atoms with Gasteiger partial charge in [-0.25, -0.2) is 0 Å². The van der Waals surface area contributed by atoms with Crippen LogP contribution in [0.4, 0.5) is 0 Å². The minimum atomic E-state index is -0.373. The summed E-state index contributed by atoms with van der Waals surface area (Å²) in [4.78, 5) is 1.15. The molecule has 1 atom stereocenters. The molecule has 90 valence electrons. The van der Waals surface area contributed by atoms with Gasteiger partial charge in [0, 0.05) is 16.8 Å². The average molecular weight is 266 g/mol. The molecule has 3 heteroatoms. The summed E-state index contributed by atoms with van der Waals surface area (Å²) in [6, 6.07) is 10.3. The Hall–Kier alpha value is -0.830. The fourth-order valence-electron chi connectivity index (χ4n) is 1.82. The predicted octanol–water partition coefficient (Wildman–Crippen LogP) is 4.13. The summed E-state index contributed by atoms with van der Waals surface area (Å²) in [5.74, 6) is 0. The van der Waals surface area contributed by atoms with E-state index in [1.54, 1.807) is 11.3 Å². The largest absolute Gasteiger partial charge is 0.321 e. The average Bonchev–Trinajstić information content (AvgIpc) is 2.64. The van der Waals surface area contributed by atoms with Crippen LogP contribution < -0.4 is 5.73 Å². The van der Waals surface area contributed by atoms with Crippen LogP contribution in [-0.4, -0.2) is 0 Å². The van der Waals surface area contributed by atoms with E-state index in [2.05, 4.69) is 31.2 Å². The van der Waals surface area contributed by atoms with E-state index in [0.29, 0.717) is 0 Å². The summed E-state index contributed by atoms with van der Waals surface area (Å²) < 4.78 is 0. The van der Waals surface area contributed by atoms with Gasteiger partial charge in [0.05, 0.1) is 5.02 Å². The molecular weight excluding hydrogens is 250 g/mol. The number of hydrogen-bond donors (Lipinski definition) is 1. The van der Waals surface area contributed by atoms with Gasteiger partial charge in [0.1, 0.15) is 0 Å². The number of thiophene rings is 1. The summed E-state index contributed by atoms with van der Waals surface area (Å²) in [6.45, 7) is 4.13. The Morgan fingerprint density at radius 2 is 1.88 bits per heavy atom. The van der Waals surface area contributed by atoms with Crippen LogP contribution in [0.5, 0.6) is 0 Å². The maximum absolute atomic E-state index is 6.40. The number of benzene rings is 1. The SMILES string of the molecule is Cc1ccc(C(C)(N)Cc2sccc2Cl)cc1. The lowest BCUT2D eigenvalue weighted by Crippen LogP contribution is -2.35. The van der Waals surface area contributed by atoms with E-state index in [4.69, 9.17) is 17.3 Å². The van der Waals surface area contributed by atoms with E-state index >= 15 is 0 Å². The minimum absolute atomic E-state index is 0.373. The Kier molecular flexibility index (Phi) is 3.57. The Morgan fingerprint density at radius 1 is 1.24 bits per heavy atom. The van der Waals surface area contributed by atoms with Gasteiger partial charge in [-0.15, -0.1) is 11.3 Å². The van der Waals surface area contributed by atoms with Crippen molar-refractivity contribution in [2.24, 2.45) is 5.73 Å². The van der Waals surface area contributed by atoms with Crippen molar-refractivity contribution in [1.82, 2.24) is 0 Å². The number of rotatable bonds is 3. The summed E-state index contributed by atoms with van der Waals surface area (Å²) in [5.41, 5.74) is 8.42. The lowest BCUT2D eigenvalue weighted by Gasteiger charge is -2.25. The highest BCUT2D eigenvalue weighted by molar-refractivity contribution is 7.10. The van der Waals surface area contributed by atoms with E-state index in [1.165, 1.54) is 5.56 Å². The molecule has 0 saturated heterocycles. The van der Waals surface area contributed by atoms with Gasteiger partial charge in [0.25, 0.3) is 0 Å². The highest BCUT2D eigenvalue weighted by Crippen LogP contribution is 2.30. The zero-order valence-corrected chi connectivity index (χ0v) is 11.6. The third-order valence-corrected chi connectivity index (χ3v) is 4.32. The van der Waals surface area contributed by atoms with Crippen LogP contribution in [0.2, 0.25) is 5.02 Å². The van der Waals surface area contributed by atoms with Gasteiger partial charge in [0.15, 0.2) is 0 Å². The molecule has 0 bridgehead atoms. The minimum Gasteiger partial charge on any atom is -0.321 e. The van der Waals surface area contributed by atoms with Crippen molar-refractivity contribution in [1.29, 1.82) is 0 Å². The van der Waals surface area contributed by atoms with Gasteiger partial charge >= 0.3 is 0 Å². The van der Waals surface area contributed by atoms with Crippen LogP contribution >= 0.6 is 22.9 Å². The summed E-state index contributed by atoms with van der Waals surface area (Å²) in [6.07, 6.45) is 0.770. The molecule has 0 amide bonds. The standard InChI is InChI=1S/C14H16ClNS/c1-10-3-5-11(6-4-10)14(2,16)9-13-12(15)7-8-17-13/h3-8H,9,16H2,1-2H3. The fourth-order valence-corrected chi connectivity index (χ4v) is 3.09. The van der Waals surface area contributed by atoms with Crippen molar-refractivity contribution in [3.05, 3.63) is 56.7 Å². The number of hydrogen-bond acceptors (Lipinski definition) is 2. The predicted molar refractivity (Wildman–Crippen MR) is 75.8 cm³/mol. The highest BCUT2D eigenvalue weighted by Gasteiger charge is 2.23. The van der Waals surface area contributed by atoms with E-state index in [-0.39, 0.29) is 5.54 Å². The molecule has 0 fully saturated rings. The van der Waals surface area contributed by atoms with E-state index in [9.17, 15) is 0 Å². The Morgan fingerprint density at radius 3 is 2.41 bits per heavy atom. The van der Waals surface area contributed by atoms with Crippen molar-refractivity contribution in [3.63, 3.8) is 0 Å². The van der Waals surface area contributed by atoms with Crippen LogP contribution in [0.1, 0.15) is 22.9 Å². The van der Waals surface area contributed by atoms with Crippen LogP contribution in [0, 0.1) is 6.92 Å². The molecule has 1 heterocycles. The molecule has 17 heavy (non-hydrogen) atoms. The third-order valence-electron chi connectivity index (χ3n) is 2.93. The van der Waals surface area contributed by atoms with Gasteiger partial charge in [-0.1, -0.05) is 41.4 Å². The molecule has 0 radical (unpaired) electrons. The van der Waals surface area contributed by atoms with Crippen molar-refractivity contribution in [3.8, 4) is 0 Å². The molecule has 1 aromatic carbocycles. The zero-order chi connectivity index (χ0) is 12.5. The normalized spacial score (nSPS) is 14.6. The molecule has 0 aliphatic heterocycles. The molecule has 1 nitrogen and oxygen atoms in total. The lowest BCUT2D eigenvalue weighted by molar-refractivity contribution is 0.495. The molecule has 0 aliphatic rings. The van der Waals surface area contributed by atoms with Crippen molar-refractivity contribution >= 4 is 22.9 Å². The van der Waals surface area contributed by atoms with Crippen molar-refractivity contribution in [2.75, 3.05) is 0 Å². The van der Waals surface area contributed by atoms with Gasteiger partial charge in [-0.05, 0) is 30.9 Å². The summed E-state index contributed by atoms with van der Waals surface area (Å²) in [7, 11) is 0. The zero-order valence-electron chi connectivity index (χ0n) is 10.0. The topological polar surface area (TPSA) is 26.0 Å². The van der Waals surface area contributed by atoms with Gasteiger partial charge in [-0.2, -0.15) is 0 Å². The molecule has 2 aromatic rings. The van der Waals surface area contributed by atoms with E-state index in [0.717, 1.165) is 21.9 Å². The molecule has 2 N–H and O–H groups in total. The first-order valence-electron chi connectivity index (χ1n) is 5.57. The molecular formula is C14H16ClNS. The smallest absolute Gasteiger partial charge is 0.0545 e. The highest BCUT2D eigenvalue weighted by atomic mass is 35.5.